The lowest BCUT2D eigenvalue weighted by Gasteiger charge is -2.19. The van der Waals surface area contributed by atoms with E-state index in [-0.39, 0.29) is 6.42 Å². The number of hydrogen-bond donors (Lipinski definition) is 1. The molecule has 0 bridgehead atoms. The zero-order valence-electron chi connectivity index (χ0n) is 9.95. The van der Waals surface area contributed by atoms with E-state index in [2.05, 4.69) is 12.1 Å². The summed E-state index contributed by atoms with van der Waals surface area (Å²) in [6, 6.07) is 6.28. The van der Waals surface area contributed by atoms with Crippen molar-refractivity contribution < 1.29 is 14.6 Å². The SMILES string of the molecule is O=C(O)CCCCCOc1ccc2c(c1)CC2. The molecule has 2 rings (SSSR count). The van der Waals surface area contributed by atoms with Crippen LogP contribution in [0.15, 0.2) is 18.2 Å². The number of benzene rings is 1. The van der Waals surface area contributed by atoms with E-state index in [0.29, 0.717) is 6.61 Å². The topological polar surface area (TPSA) is 46.5 Å². The maximum Gasteiger partial charge on any atom is 0.303 e. The quantitative estimate of drug-likeness (QED) is 0.738. The van der Waals surface area contributed by atoms with Crippen molar-refractivity contribution in [2.75, 3.05) is 6.61 Å². The Hall–Kier alpha value is -1.51. The van der Waals surface area contributed by atoms with Crippen LogP contribution in [-0.4, -0.2) is 17.7 Å². The fraction of sp³-hybridized carbons (Fsp3) is 0.500. The standard InChI is InChI=1S/C14H18O3/c15-14(16)4-2-1-3-9-17-13-8-7-11-5-6-12(11)10-13/h7-8,10H,1-6,9H2,(H,15,16). The molecule has 0 spiro atoms. The molecular weight excluding hydrogens is 216 g/mol. The van der Waals surface area contributed by atoms with Gasteiger partial charge in [0.25, 0.3) is 0 Å². The molecule has 0 unspecified atom stereocenters. The first kappa shape index (κ1) is 12.0. The van der Waals surface area contributed by atoms with Gasteiger partial charge in [-0.2, -0.15) is 0 Å². The van der Waals surface area contributed by atoms with Crippen molar-refractivity contribution >= 4 is 5.97 Å². The highest BCUT2D eigenvalue weighted by molar-refractivity contribution is 5.66. The summed E-state index contributed by atoms with van der Waals surface area (Å²) in [6.45, 7) is 0.679. The van der Waals surface area contributed by atoms with Gasteiger partial charge in [0.1, 0.15) is 5.75 Å². The number of ether oxygens (including phenoxy) is 1. The van der Waals surface area contributed by atoms with E-state index < -0.39 is 5.97 Å². The number of unbranched alkanes of at least 4 members (excludes halogenated alkanes) is 2. The molecule has 1 N–H and O–H groups in total. The maximum absolute atomic E-state index is 10.3. The van der Waals surface area contributed by atoms with Crippen molar-refractivity contribution in [2.24, 2.45) is 0 Å². The zero-order chi connectivity index (χ0) is 12.1. The third-order valence-electron chi connectivity index (χ3n) is 3.15. The van der Waals surface area contributed by atoms with Crippen molar-refractivity contribution in [1.29, 1.82) is 0 Å². The molecule has 3 nitrogen and oxygen atoms in total. The van der Waals surface area contributed by atoms with Gasteiger partial charge in [-0.3, -0.25) is 4.79 Å². The van der Waals surface area contributed by atoms with E-state index in [9.17, 15) is 4.79 Å². The number of carboxylic acid groups (broad SMARTS) is 1. The lowest BCUT2D eigenvalue weighted by atomic mass is 9.89. The highest BCUT2D eigenvalue weighted by Crippen LogP contribution is 2.26. The normalized spacial score (nSPS) is 12.7. The van der Waals surface area contributed by atoms with Crippen LogP contribution in [0.3, 0.4) is 0 Å². The number of hydrogen-bond acceptors (Lipinski definition) is 2. The Morgan fingerprint density at radius 3 is 2.65 bits per heavy atom. The van der Waals surface area contributed by atoms with Crippen molar-refractivity contribution in [2.45, 2.75) is 38.5 Å². The molecule has 0 aliphatic heterocycles. The van der Waals surface area contributed by atoms with Gasteiger partial charge in [0.2, 0.25) is 0 Å². The summed E-state index contributed by atoms with van der Waals surface area (Å²) >= 11 is 0. The molecular formula is C14H18O3. The Labute approximate surface area is 101 Å². The summed E-state index contributed by atoms with van der Waals surface area (Å²) in [6.07, 6.45) is 5.21. The Bertz CT molecular complexity index is 398. The van der Waals surface area contributed by atoms with Crippen LogP contribution in [0.5, 0.6) is 5.75 Å². The Morgan fingerprint density at radius 1 is 1.18 bits per heavy atom. The maximum atomic E-state index is 10.3. The Morgan fingerprint density at radius 2 is 2.00 bits per heavy atom. The molecule has 92 valence electrons. The first-order valence-electron chi connectivity index (χ1n) is 6.22. The number of rotatable bonds is 7. The second-order valence-corrected chi connectivity index (χ2v) is 4.48. The van der Waals surface area contributed by atoms with Gasteiger partial charge in [0.05, 0.1) is 6.61 Å². The summed E-state index contributed by atoms with van der Waals surface area (Å²) in [7, 11) is 0. The van der Waals surface area contributed by atoms with E-state index in [1.54, 1.807) is 0 Å². The van der Waals surface area contributed by atoms with E-state index >= 15 is 0 Å². The number of aryl methyl sites for hydroxylation is 2. The summed E-state index contributed by atoms with van der Waals surface area (Å²) in [4.78, 5) is 10.3. The van der Waals surface area contributed by atoms with Gasteiger partial charge in [-0.25, -0.2) is 0 Å². The number of carbonyl (C=O) groups is 1. The molecule has 0 atom stereocenters. The summed E-state index contributed by atoms with van der Waals surface area (Å²) in [5.74, 6) is 0.231. The molecule has 0 radical (unpaired) electrons. The van der Waals surface area contributed by atoms with Crippen LogP contribution in [-0.2, 0) is 17.6 Å². The van der Waals surface area contributed by atoms with Crippen LogP contribution in [0.2, 0.25) is 0 Å². The van der Waals surface area contributed by atoms with Gasteiger partial charge in [-0.15, -0.1) is 0 Å². The largest absolute Gasteiger partial charge is 0.494 e. The van der Waals surface area contributed by atoms with Gasteiger partial charge >= 0.3 is 5.97 Å². The highest BCUT2D eigenvalue weighted by atomic mass is 16.5. The van der Waals surface area contributed by atoms with Gasteiger partial charge in [0, 0.05) is 6.42 Å². The van der Waals surface area contributed by atoms with Gasteiger partial charge in [-0.05, 0) is 55.4 Å². The minimum atomic E-state index is -0.715. The first-order valence-corrected chi connectivity index (χ1v) is 6.22. The molecule has 0 aromatic heterocycles. The molecule has 0 saturated carbocycles. The zero-order valence-corrected chi connectivity index (χ0v) is 9.95. The minimum Gasteiger partial charge on any atom is -0.494 e. The molecule has 1 aliphatic carbocycles. The van der Waals surface area contributed by atoms with Crippen LogP contribution in [0.25, 0.3) is 0 Å². The number of carboxylic acids is 1. The second kappa shape index (κ2) is 5.71. The summed E-state index contributed by atoms with van der Waals surface area (Å²) < 4.78 is 5.64. The average Bonchev–Trinajstić information content (AvgIpc) is 2.26. The molecule has 3 heteroatoms. The number of fused-ring (bicyclic) bond motifs is 1. The second-order valence-electron chi connectivity index (χ2n) is 4.48. The summed E-state index contributed by atoms with van der Waals surface area (Å²) in [5.41, 5.74) is 2.85. The van der Waals surface area contributed by atoms with Crippen LogP contribution in [0.1, 0.15) is 36.8 Å². The fourth-order valence-corrected chi connectivity index (χ4v) is 2.01. The molecule has 0 saturated heterocycles. The molecule has 1 aromatic rings. The van der Waals surface area contributed by atoms with E-state index in [1.807, 2.05) is 6.07 Å². The van der Waals surface area contributed by atoms with Crippen molar-refractivity contribution in [3.8, 4) is 5.75 Å². The third kappa shape index (κ3) is 3.48. The lowest BCUT2D eigenvalue weighted by Crippen LogP contribution is -2.08. The molecule has 0 amide bonds. The smallest absolute Gasteiger partial charge is 0.303 e. The molecule has 0 fully saturated rings. The van der Waals surface area contributed by atoms with Crippen LogP contribution >= 0.6 is 0 Å². The highest BCUT2D eigenvalue weighted by Gasteiger charge is 2.12. The molecule has 0 heterocycles. The van der Waals surface area contributed by atoms with Gasteiger partial charge in [0.15, 0.2) is 0 Å². The van der Waals surface area contributed by atoms with E-state index in [0.717, 1.165) is 25.0 Å². The van der Waals surface area contributed by atoms with Gasteiger partial charge < -0.3 is 9.84 Å². The summed E-state index contributed by atoms with van der Waals surface area (Å²) in [5, 5.41) is 8.48. The third-order valence-corrected chi connectivity index (χ3v) is 3.15. The fourth-order valence-electron chi connectivity index (χ4n) is 2.01. The molecule has 17 heavy (non-hydrogen) atoms. The minimum absolute atomic E-state index is 0.263. The van der Waals surface area contributed by atoms with Crippen molar-refractivity contribution in [3.05, 3.63) is 29.3 Å². The van der Waals surface area contributed by atoms with Crippen LogP contribution in [0.4, 0.5) is 0 Å². The molecule has 1 aromatic carbocycles. The number of aliphatic carboxylic acids is 1. The predicted molar refractivity (Wildman–Crippen MR) is 65.4 cm³/mol. The first-order chi connectivity index (χ1) is 8.25. The molecule has 1 aliphatic rings. The lowest BCUT2D eigenvalue weighted by molar-refractivity contribution is -0.137. The predicted octanol–water partition coefficient (Wildman–Crippen LogP) is 2.81. The van der Waals surface area contributed by atoms with Crippen molar-refractivity contribution in [1.82, 2.24) is 0 Å². The average molecular weight is 234 g/mol. The van der Waals surface area contributed by atoms with Crippen LogP contribution < -0.4 is 4.74 Å². The van der Waals surface area contributed by atoms with Crippen LogP contribution in [0, 0.1) is 0 Å². The Kier molecular flexibility index (Phi) is 4.02. The van der Waals surface area contributed by atoms with E-state index in [1.165, 1.54) is 24.0 Å². The Balaban J connectivity index is 1.61. The van der Waals surface area contributed by atoms with E-state index in [4.69, 9.17) is 9.84 Å². The van der Waals surface area contributed by atoms with Gasteiger partial charge in [-0.1, -0.05) is 6.07 Å². The van der Waals surface area contributed by atoms with Crippen molar-refractivity contribution in [3.63, 3.8) is 0 Å². The monoisotopic (exact) mass is 234 g/mol.